The summed E-state index contributed by atoms with van der Waals surface area (Å²) < 4.78 is 5.72. The highest BCUT2D eigenvalue weighted by molar-refractivity contribution is 8.00. The average molecular weight is 394 g/mol. The van der Waals surface area contributed by atoms with Crippen molar-refractivity contribution in [2.75, 3.05) is 0 Å². The molecule has 144 valence electrons. The van der Waals surface area contributed by atoms with Crippen LogP contribution in [0.4, 0.5) is 0 Å². The Hall–Kier alpha value is -2.60. The van der Waals surface area contributed by atoms with Gasteiger partial charge >= 0.3 is 0 Å². The smallest absolute Gasteiger partial charge is 0.277 e. The molecule has 0 radical (unpaired) electrons. The van der Waals surface area contributed by atoms with E-state index in [1.807, 2.05) is 43.3 Å². The number of thioether (sulfide) groups is 1. The van der Waals surface area contributed by atoms with Gasteiger partial charge in [-0.2, -0.15) is 0 Å². The molecule has 1 heterocycles. The maximum atomic E-state index is 12.7. The van der Waals surface area contributed by atoms with E-state index in [0.717, 1.165) is 24.8 Å². The van der Waals surface area contributed by atoms with Crippen molar-refractivity contribution in [2.24, 2.45) is 0 Å². The Morgan fingerprint density at radius 2 is 1.96 bits per heavy atom. The number of benzene rings is 2. The first kappa shape index (κ1) is 18.7. The monoisotopic (exact) mass is 393 g/mol. The van der Waals surface area contributed by atoms with E-state index in [4.69, 9.17) is 4.42 Å². The van der Waals surface area contributed by atoms with E-state index in [9.17, 15) is 4.79 Å². The van der Waals surface area contributed by atoms with Crippen molar-refractivity contribution < 1.29 is 9.21 Å². The number of nitrogens with one attached hydrogen (secondary N) is 1. The minimum atomic E-state index is -0.306. The van der Waals surface area contributed by atoms with Crippen LogP contribution in [0.1, 0.15) is 48.4 Å². The molecule has 1 amide bonds. The van der Waals surface area contributed by atoms with Gasteiger partial charge in [-0.05, 0) is 42.9 Å². The van der Waals surface area contributed by atoms with Crippen LogP contribution in [0.25, 0.3) is 0 Å². The Morgan fingerprint density at radius 1 is 1.18 bits per heavy atom. The van der Waals surface area contributed by atoms with Crippen molar-refractivity contribution in [3.63, 3.8) is 0 Å². The minimum Gasteiger partial charge on any atom is -0.416 e. The molecule has 1 aromatic heterocycles. The summed E-state index contributed by atoms with van der Waals surface area (Å²) in [6.07, 6.45) is 3.74. The molecule has 1 N–H and O–H groups in total. The van der Waals surface area contributed by atoms with Crippen molar-refractivity contribution in [3.05, 3.63) is 77.2 Å². The van der Waals surface area contributed by atoms with Crippen LogP contribution >= 0.6 is 11.8 Å². The third-order valence-electron chi connectivity index (χ3n) is 4.98. The van der Waals surface area contributed by atoms with Crippen LogP contribution in [0.2, 0.25) is 0 Å². The third kappa shape index (κ3) is 4.44. The molecule has 0 spiro atoms. The van der Waals surface area contributed by atoms with E-state index in [1.165, 1.54) is 22.9 Å². The predicted octanol–water partition coefficient (Wildman–Crippen LogP) is 4.33. The van der Waals surface area contributed by atoms with E-state index in [2.05, 4.69) is 33.7 Å². The number of aromatic nitrogens is 2. The van der Waals surface area contributed by atoms with Crippen LogP contribution in [0.15, 0.2) is 64.2 Å². The van der Waals surface area contributed by atoms with Crippen molar-refractivity contribution in [3.8, 4) is 0 Å². The number of hydrogen-bond acceptors (Lipinski definition) is 5. The van der Waals surface area contributed by atoms with Crippen LogP contribution in [0.5, 0.6) is 0 Å². The molecule has 28 heavy (non-hydrogen) atoms. The molecule has 2 aromatic carbocycles. The van der Waals surface area contributed by atoms with Gasteiger partial charge in [-0.15, -0.1) is 10.2 Å². The molecular formula is C22H23N3O2S. The average Bonchev–Trinajstić information content (AvgIpc) is 3.15. The fourth-order valence-corrected chi connectivity index (χ4v) is 4.24. The standard InChI is InChI=1S/C22H23N3O2S/c1-15(21(26)23-19-13-7-11-17-10-5-6-12-18(17)19)28-22-25-24-20(27-22)14-16-8-3-2-4-9-16/h2-6,8-10,12,15,19H,7,11,13-14H2,1H3,(H,23,26). The van der Waals surface area contributed by atoms with E-state index in [-0.39, 0.29) is 17.2 Å². The maximum absolute atomic E-state index is 12.7. The van der Waals surface area contributed by atoms with Gasteiger partial charge in [-0.1, -0.05) is 66.4 Å². The fraction of sp³-hybridized carbons (Fsp3) is 0.318. The van der Waals surface area contributed by atoms with Gasteiger partial charge in [0, 0.05) is 0 Å². The fourth-order valence-electron chi connectivity index (χ4n) is 3.53. The quantitative estimate of drug-likeness (QED) is 0.631. The molecular weight excluding hydrogens is 370 g/mol. The van der Waals surface area contributed by atoms with Gasteiger partial charge in [0.05, 0.1) is 17.7 Å². The Labute approximate surface area is 168 Å². The molecule has 1 aliphatic carbocycles. The highest BCUT2D eigenvalue weighted by Crippen LogP contribution is 2.30. The molecule has 2 atom stereocenters. The number of rotatable bonds is 6. The summed E-state index contributed by atoms with van der Waals surface area (Å²) in [4.78, 5) is 12.7. The van der Waals surface area contributed by atoms with Crippen molar-refractivity contribution in [2.45, 2.75) is 49.1 Å². The first-order chi connectivity index (χ1) is 13.7. The molecule has 2 unspecified atom stereocenters. The van der Waals surface area contributed by atoms with Crippen molar-refractivity contribution >= 4 is 17.7 Å². The van der Waals surface area contributed by atoms with E-state index >= 15 is 0 Å². The summed E-state index contributed by atoms with van der Waals surface area (Å²) in [6, 6.07) is 18.4. The summed E-state index contributed by atoms with van der Waals surface area (Å²) in [7, 11) is 0. The lowest BCUT2D eigenvalue weighted by Crippen LogP contribution is -2.35. The Morgan fingerprint density at radius 3 is 2.82 bits per heavy atom. The van der Waals surface area contributed by atoms with E-state index < -0.39 is 0 Å². The summed E-state index contributed by atoms with van der Waals surface area (Å²) in [5, 5.41) is 11.5. The minimum absolute atomic E-state index is 0.00508. The second kappa shape index (κ2) is 8.61. The summed E-state index contributed by atoms with van der Waals surface area (Å²) >= 11 is 1.30. The van der Waals surface area contributed by atoms with Crippen molar-refractivity contribution in [1.29, 1.82) is 0 Å². The van der Waals surface area contributed by atoms with Crippen LogP contribution in [-0.2, 0) is 17.6 Å². The number of carbonyl (C=O) groups is 1. The molecule has 6 heteroatoms. The van der Waals surface area contributed by atoms with E-state index in [1.54, 1.807) is 0 Å². The maximum Gasteiger partial charge on any atom is 0.277 e. The number of aryl methyl sites for hydroxylation is 1. The molecule has 4 rings (SSSR count). The number of fused-ring (bicyclic) bond motifs is 1. The van der Waals surface area contributed by atoms with Gasteiger partial charge in [0.15, 0.2) is 0 Å². The highest BCUT2D eigenvalue weighted by Gasteiger charge is 2.25. The van der Waals surface area contributed by atoms with Crippen LogP contribution in [0, 0.1) is 0 Å². The van der Waals surface area contributed by atoms with Gasteiger partial charge in [0.2, 0.25) is 11.8 Å². The second-order valence-corrected chi connectivity index (χ2v) is 8.33. The van der Waals surface area contributed by atoms with Crippen LogP contribution in [-0.4, -0.2) is 21.4 Å². The summed E-state index contributed by atoms with van der Waals surface area (Å²) in [5.41, 5.74) is 3.69. The van der Waals surface area contributed by atoms with Gasteiger partial charge in [-0.25, -0.2) is 0 Å². The number of carbonyl (C=O) groups excluding carboxylic acids is 1. The van der Waals surface area contributed by atoms with Gasteiger partial charge < -0.3 is 9.73 Å². The topological polar surface area (TPSA) is 68.0 Å². The Balaban J connectivity index is 1.35. The normalized spacial score (nSPS) is 17.0. The Bertz CT molecular complexity index is 942. The third-order valence-corrected chi connectivity index (χ3v) is 5.91. The summed E-state index contributed by atoms with van der Waals surface area (Å²) in [6.45, 7) is 1.87. The number of nitrogens with zero attached hydrogens (tertiary/aromatic N) is 2. The second-order valence-electron chi connectivity index (χ2n) is 7.04. The molecule has 0 fully saturated rings. The summed E-state index contributed by atoms with van der Waals surface area (Å²) in [5.74, 6) is 0.553. The highest BCUT2D eigenvalue weighted by atomic mass is 32.2. The zero-order chi connectivity index (χ0) is 19.3. The van der Waals surface area contributed by atoms with Gasteiger partial charge in [-0.3, -0.25) is 4.79 Å². The lowest BCUT2D eigenvalue weighted by Gasteiger charge is -2.27. The molecule has 5 nitrogen and oxygen atoms in total. The lowest BCUT2D eigenvalue weighted by atomic mass is 9.88. The molecule has 0 saturated carbocycles. The zero-order valence-corrected chi connectivity index (χ0v) is 16.6. The van der Waals surface area contributed by atoms with Gasteiger partial charge in [0.25, 0.3) is 5.22 Å². The molecule has 3 aromatic rings. The molecule has 0 saturated heterocycles. The Kier molecular flexibility index (Phi) is 5.76. The first-order valence-electron chi connectivity index (χ1n) is 9.60. The molecule has 1 aliphatic rings. The van der Waals surface area contributed by atoms with Crippen LogP contribution < -0.4 is 5.32 Å². The largest absolute Gasteiger partial charge is 0.416 e. The number of amides is 1. The molecule has 0 aliphatic heterocycles. The molecule has 0 bridgehead atoms. The van der Waals surface area contributed by atoms with Crippen molar-refractivity contribution in [1.82, 2.24) is 15.5 Å². The predicted molar refractivity (Wildman–Crippen MR) is 109 cm³/mol. The van der Waals surface area contributed by atoms with E-state index in [0.29, 0.717) is 17.5 Å². The lowest BCUT2D eigenvalue weighted by molar-refractivity contribution is -0.121. The zero-order valence-electron chi connectivity index (χ0n) is 15.8. The SMILES string of the molecule is CC(Sc1nnc(Cc2ccccc2)o1)C(=O)NC1CCCc2ccccc21. The van der Waals surface area contributed by atoms with Gasteiger partial charge in [0.1, 0.15) is 0 Å². The first-order valence-corrected chi connectivity index (χ1v) is 10.5. The number of hydrogen-bond donors (Lipinski definition) is 1. The van der Waals surface area contributed by atoms with Crippen LogP contribution in [0.3, 0.4) is 0 Å².